The summed E-state index contributed by atoms with van der Waals surface area (Å²) in [4.78, 5) is 2.33. The zero-order chi connectivity index (χ0) is 11.8. The first kappa shape index (κ1) is 12.9. The predicted octanol–water partition coefficient (Wildman–Crippen LogP) is 0.749. The third kappa shape index (κ3) is 2.92. The third-order valence-corrected chi connectivity index (χ3v) is 4.47. The molecular weight excluding hydrogens is 212 g/mol. The van der Waals surface area contributed by atoms with Crippen LogP contribution in [0.5, 0.6) is 0 Å². The highest BCUT2D eigenvalue weighted by atomic mass is 32.2. The van der Waals surface area contributed by atoms with Crippen molar-refractivity contribution < 1.29 is 8.42 Å². The van der Waals surface area contributed by atoms with Gasteiger partial charge in [-0.15, -0.1) is 0 Å². The summed E-state index contributed by atoms with van der Waals surface area (Å²) in [6.07, 6.45) is 1.30. The zero-order valence-corrected chi connectivity index (χ0v) is 11.1. The van der Waals surface area contributed by atoms with Gasteiger partial charge in [-0.2, -0.15) is 4.31 Å². The molecule has 1 fully saturated rings. The average molecular weight is 234 g/mol. The molecule has 1 rings (SSSR count). The van der Waals surface area contributed by atoms with E-state index < -0.39 is 10.0 Å². The van der Waals surface area contributed by atoms with Crippen LogP contribution in [-0.4, -0.2) is 55.1 Å². The minimum atomic E-state index is -3.07. The van der Waals surface area contributed by atoms with Crippen LogP contribution >= 0.6 is 0 Å². The van der Waals surface area contributed by atoms with Crippen molar-refractivity contribution in [1.82, 2.24) is 9.21 Å². The maximum atomic E-state index is 11.6. The molecule has 0 spiro atoms. The molecule has 0 amide bonds. The smallest absolute Gasteiger partial charge is 0.211 e. The highest BCUT2D eigenvalue weighted by Crippen LogP contribution is 2.20. The lowest BCUT2D eigenvalue weighted by atomic mass is 10.1. The van der Waals surface area contributed by atoms with Crippen molar-refractivity contribution in [3.8, 4) is 0 Å². The average Bonchev–Trinajstić information content (AvgIpc) is 1.99. The number of rotatable bonds is 2. The van der Waals surface area contributed by atoms with Crippen LogP contribution in [0.3, 0.4) is 0 Å². The lowest BCUT2D eigenvalue weighted by Crippen LogP contribution is -2.59. The number of hydrogen-bond donors (Lipinski definition) is 0. The molecule has 1 heterocycles. The Hall–Kier alpha value is -0.130. The first-order chi connectivity index (χ1) is 6.73. The summed E-state index contributed by atoms with van der Waals surface area (Å²) in [6.45, 7) is 9.91. The van der Waals surface area contributed by atoms with Crippen molar-refractivity contribution >= 4 is 10.0 Å². The van der Waals surface area contributed by atoms with Gasteiger partial charge in [-0.05, 0) is 27.7 Å². The second-order valence-corrected chi connectivity index (χ2v) is 6.73. The Morgan fingerprint density at radius 1 is 1.13 bits per heavy atom. The van der Waals surface area contributed by atoms with Gasteiger partial charge < -0.3 is 0 Å². The summed E-state index contributed by atoms with van der Waals surface area (Å²) in [6, 6.07) is 0.633. The lowest BCUT2D eigenvalue weighted by molar-refractivity contribution is 0.0795. The third-order valence-electron chi connectivity index (χ3n) is 2.98. The van der Waals surface area contributed by atoms with Crippen LogP contribution in [0.1, 0.15) is 27.7 Å². The molecule has 1 saturated heterocycles. The van der Waals surface area contributed by atoms with Gasteiger partial charge in [0.1, 0.15) is 0 Å². The minimum absolute atomic E-state index is 0.0751. The zero-order valence-electron chi connectivity index (χ0n) is 10.3. The summed E-state index contributed by atoms with van der Waals surface area (Å²) in [7, 11) is -3.07. The van der Waals surface area contributed by atoms with Crippen LogP contribution in [0.2, 0.25) is 0 Å². The molecule has 4 nitrogen and oxygen atoms in total. The van der Waals surface area contributed by atoms with Crippen LogP contribution in [-0.2, 0) is 10.0 Å². The van der Waals surface area contributed by atoms with E-state index in [4.69, 9.17) is 0 Å². The number of hydrogen-bond acceptors (Lipinski definition) is 3. The molecule has 0 aromatic heterocycles. The van der Waals surface area contributed by atoms with Crippen LogP contribution in [0.4, 0.5) is 0 Å². The summed E-state index contributed by atoms with van der Waals surface area (Å²) < 4.78 is 24.8. The van der Waals surface area contributed by atoms with E-state index in [1.807, 2.05) is 13.8 Å². The molecule has 2 atom stereocenters. The standard InChI is InChI=1S/C10H22N2O2S/c1-8(2)11-6-9(3)12(10(4)7-11)15(5,13)14/h8-10H,6-7H2,1-5H3/t9-,10-/m1/s1. The summed E-state index contributed by atoms with van der Waals surface area (Å²) in [5.74, 6) is 0. The van der Waals surface area contributed by atoms with E-state index in [-0.39, 0.29) is 12.1 Å². The second-order valence-electron chi connectivity index (χ2n) is 4.84. The highest BCUT2D eigenvalue weighted by Gasteiger charge is 2.35. The van der Waals surface area contributed by atoms with Gasteiger partial charge in [0.2, 0.25) is 10.0 Å². The van der Waals surface area contributed by atoms with Crippen molar-refractivity contribution in [2.24, 2.45) is 0 Å². The quantitative estimate of drug-likeness (QED) is 0.708. The first-order valence-electron chi connectivity index (χ1n) is 5.46. The lowest BCUT2D eigenvalue weighted by Gasteiger charge is -2.44. The van der Waals surface area contributed by atoms with Crippen LogP contribution in [0.15, 0.2) is 0 Å². The molecule has 1 aliphatic rings. The van der Waals surface area contributed by atoms with E-state index in [9.17, 15) is 8.42 Å². The molecule has 5 heteroatoms. The molecule has 0 saturated carbocycles. The molecule has 0 bridgehead atoms. The molecule has 0 aliphatic carbocycles. The van der Waals surface area contributed by atoms with Gasteiger partial charge in [0, 0.05) is 31.2 Å². The highest BCUT2D eigenvalue weighted by molar-refractivity contribution is 7.88. The fourth-order valence-electron chi connectivity index (χ4n) is 2.42. The van der Waals surface area contributed by atoms with Gasteiger partial charge in [0.15, 0.2) is 0 Å². The normalized spacial score (nSPS) is 31.1. The van der Waals surface area contributed by atoms with E-state index in [0.29, 0.717) is 6.04 Å². The number of piperazine rings is 1. The molecule has 0 N–H and O–H groups in total. The Morgan fingerprint density at radius 3 is 1.80 bits per heavy atom. The van der Waals surface area contributed by atoms with E-state index in [0.717, 1.165) is 13.1 Å². The van der Waals surface area contributed by atoms with Crippen molar-refractivity contribution in [3.05, 3.63) is 0 Å². The Labute approximate surface area is 93.3 Å². The van der Waals surface area contributed by atoms with E-state index >= 15 is 0 Å². The molecular formula is C10H22N2O2S. The second kappa shape index (κ2) is 4.39. The van der Waals surface area contributed by atoms with Gasteiger partial charge >= 0.3 is 0 Å². The van der Waals surface area contributed by atoms with Crippen molar-refractivity contribution in [2.45, 2.75) is 45.8 Å². The first-order valence-corrected chi connectivity index (χ1v) is 7.31. The van der Waals surface area contributed by atoms with Gasteiger partial charge in [-0.1, -0.05) is 0 Å². The van der Waals surface area contributed by atoms with Gasteiger partial charge in [0.05, 0.1) is 6.26 Å². The molecule has 0 aromatic carbocycles. The molecule has 0 radical (unpaired) electrons. The monoisotopic (exact) mass is 234 g/mol. The fraction of sp³-hybridized carbons (Fsp3) is 1.00. The topological polar surface area (TPSA) is 40.6 Å². The maximum absolute atomic E-state index is 11.6. The summed E-state index contributed by atoms with van der Waals surface area (Å²) in [5.41, 5.74) is 0. The summed E-state index contributed by atoms with van der Waals surface area (Å²) >= 11 is 0. The van der Waals surface area contributed by atoms with E-state index in [1.165, 1.54) is 6.26 Å². The largest absolute Gasteiger partial charge is 0.298 e. The Kier molecular flexibility index (Phi) is 3.79. The number of nitrogens with zero attached hydrogens (tertiary/aromatic N) is 2. The molecule has 15 heavy (non-hydrogen) atoms. The SMILES string of the molecule is CC(C)N1C[C@@H](C)N(S(C)(=O)=O)[C@H](C)C1. The Bertz CT molecular complexity index is 301. The van der Waals surface area contributed by atoms with Gasteiger partial charge in [0.25, 0.3) is 0 Å². The van der Waals surface area contributed by atoms with Crippen molar-refractivity contribution in [2.75, 3.05) is 19.3 Å². The Balaban J connectivity index is 2.82. The molecule has 90 valence electrons. The van der Waals surface area contributed by atoms with Crippen LogP contribution in [0.25, 0.3) is 0 Å². The fourth-order valence-corrected chi connectivity index (χ4v) is 3.86. The molecule has 0 aromatic rings. The van der Waals surface area contributed by atoms with Gasteiger partial charge in [-0.3, -0.25) is 4.90 Å². The Morgan fingerprint density at radius 2 is 1.53 bits per heavy atom. The van der Waals surface area contributed by atoms with Crippen LogP contribution in [0, 0.1) is 0 Å². The predicted molar refractivity (Wildman–Crippen MR) is 62.3 cm³/mol. The van der Waals surface area contributed by atoms with Crippen molar-refractivity contribution in [1.29, 1.82) is 0 Å². The molecule has 0 unspecified atom stereocenters. The van der Waals surface area contributed by atoms with Gasteiger partial charge in [-0.25, -0.2) is 8.42 Å². The maximum Gasteiger partial charge on any atom is 0.211 e. The number of sulfonamides is 1. The summed E-state index contributed by atoms with van der Waals surface area (Å²) in [5, 5.41) is 0. The minimum Gasteiger partial charge on any atom is -0.298 e. The van der Waals surface area contributed by atoms with E-state index in [1.54, 1.807) is 4.31 Å². The van der Waals surface area contributed by atoms with E-state index in [2.05, 4.69) is 18.7 Å². The molecule has 1 aliphatic heterocycles. The van der Waals surface area contributed by atoms with Crippen molar-refractivity contribution in [3.63, 3.8) is 0 Å². The van der Waals surface area contributed by atoms with Crippen LogP contribution < -0.4 is 0 Å².